The number of morpholine rings is 1. The normalized spacial score (nSPS) is 20.1. The molecule has 0 aromatic carbocycles. The summed E-state index contributed by atoms with van der Waals surface area (Å²) in [4.78, 5) is 27.6. The minimum absolute atomic E-state index is 0.117. The van der Waals surface area contributed by atoms with Gasteiger partial charge in [-0.2, -0.15) is 0 Å². The lowest BCUT2D eigenvalue weighted by Gasteiger charge is -2.32. The van der Waals surface area contributed by atoms with Crippen molar-refractivity contribution in [2.45, 2.75) is 0 Å². The molecule has 0 saturated carbocycles. The van der Waals surface area contributed by atoms with Gasteiger partial charge in [0.2, 0.25) is 5.95 Å². The van der Waals surface area contributed by atoms with Crippen LogP contribution in [0.5, 0.6) is 0 Å². The van der Waals surface area contributed by atoms with E-state index in [0.29, 0.717) is 18.1 Å². The van der Waals surface area contributed by atoms with Crippen LogP contribution < -0.4 is 10.2 Å². The van der Waals surface area contributed by atoms with E-state index in [-0.39, 0.29) is 5.91 Å². The number of nitrogens with zero attached hydrogens (tertiary/aromatic N) is 5. The van der Waals surface area contributed by atoms with Crippen molar-refractivity contribution in [2.75, 3.05) is 77.5 Å². The van der Waals surface area contributed by atoms with Crippen molar-refractivity contribution in [2.24, 2.45) is 0 Å². The summed E-state index contributed by atoms with van der Waals surface area (Å²) in [6.07, 6.45) is 3.23. The number of carbonyl (C=O) groups is 1. The molecule has 0 spiro atoms. The zero-order valence-electron chi connectivity index (χ0n) is 14.3. The van der Waals surface area contributed by atoms with Crippen LogP contribution in [0.1, 0.15) is 10.4 Å². The fourth-order valence-electron chi connectivity index (χ4n) is 2.86. The fourth-order valence-corrected chi connectivity index (χ4v) is 2.86. The van der Waals surface area contributed by atoms with Crippen molar-refractivity contribution in [3.05, 3.63) is 18.0 Å². The van der Waals surface area contributed by atoms with Gasteiger partial charge in [-0.15, -0.1) is 0 Å². The Hall–Kier alpha value is -1.77. The molecule has 0 radical (unpaired) electrons. The van der Waals surface area contributed by atoms with E-state index in [0.717, 1.165) is 59.0 Å². The smallest absolute Gasteiger partial charge is 0.254 e. The van der Waals surface area contributed by atoms with E-state index in [1.807, 2.05) is 0 Å². The van der Waals surface area contributed by atoms with E-state index < -0.39 is 0 Å². The monoisotopic (exact) mass is 334 g/mol. The summed E-state index contributed by atoms with van der Waals surface area (Å²) in [7, 11) is 2.11. The number of rotatable bonds is 5. The Morgan fingerprint density at radius 2 is 1.79 bits per heavy atom. The van der Waals surface area contributed by atoms with Crippen molar-refractivity contribution in [3.63, 3.8) is 0 Å². The van der Waals surface area contributed by atoms with Crippen molar-refractivity contribution in [3.8, 4) is 0 Å². The first-order chi connectivity index (χ1) is 11.7. The van der Waals surface area contributed by atoms with Gasteiger partial charge in [0.1, 0.15) is 0 Å². The largest absolute Gasteiger partial charge is 0.379 e. The molecule has 2 fully saturated rings. The third-order valence-electron chi connectivity index (χ3n) is 4.50. The molecular weight excluding hydrogens is 308 g/mol. The molecule has 0 atom stereocenters. The molecule has 0 aliphatic carbocycles. The maximum atomic E-state index is 12.2. The minimum Gasteiger partial charge on any atom is -0.379 e. The standard InChI is InChI=1S/C16H26N6O2/c1-20-4-6-22(7-5-20)16-18-12-14(13-19-16)15(23)17-2-3-21-8-10-24-11-9-21/h12-13H,2-11H2,1H3,(H,17,23). The van der Waals surface area contributed by atoms with Crippen LogP contribution in [-0.4, -0.2) is 98.3 Å². The summed E-state index contributed by atoms with van der Waals surface area (Å²) in [5, 5.41) is 2.93. The van der Waals surface area contributed by atoms with Crippen LogP contribution in [0.4, 0.5) is 5.95 Å². The highest BCUT2D eigenvalue weighted by atomic mass is 16.5. The second kappa shape index (κ2) is 8.36. The summed E-state index contributed by atoms with van der Waals surface area (Å²) in [6, 6.07) is 0. The van der Waals surface area contributed by atoms with E-state index >= 15 is 0 Å². The van der Waals surface area contributed by atoms with Crippen LogP contribution in [0.25, 0.3) is 0 Å². The summed E-state index contributed by atoms with van der Waals surface area (Å²) >= 11 is 0. The number of piperazine rings is 1. The Morgan fingerprint density at radius 1 is 1.12 bits per heavy atom. The molecule has 1 amide bonds. The van der Waals surface area contributed by atoms with Gasteiger partial charge in [-0.1, -0.05) is 0 Å². The lowest BCUT2D eigenvalue weighted by atomic mass is 10.3. The number of hydrogen-bond acceptors (Lipinski definition) is 7. The molecule has 0 bridgehead atoms. The second-order valence-corrected chi connectivity index (χ2v) is 6.27. The van der Waals surface area contributed by atoms with Crippen LogP contribution in [0, 0.1) is 0 Å². The first-order valence-electron chi connectivity index (χ1n) is 8.56. The molecule has 24 heavy (non-hydrogen) atoms. The van der Waals surface area contributed by atoms with Gasteiger partial charge in [0.15, 0.2) is 0 Å². The van der Waals surface area contributed by atoms with Gasteiger partial charge in [-0.3, -0.25) is 9.69 Å². The van der Waals surface area contributed by atoms with E-state index in [4.69, 9.17) is 4.74 Å². The molecule has 3 heterocycles. The Morgan fingerprint density at radius 3 is 2.46 bits per heavy atom. The molecule has 2 aliphatic heterocycles. The van der Waals surface area contributed by atoms with Gasteiger partial charge in [0, 0.05) is 64.8 Å². The lowest BCUT2D eigenvalue weighted by molar-refractivity contribution is 0.0383. The predicted molar refractivity (Wildman–Crippen MR) is 91.3 cm³/mol. The number of amides is 1. The molecule has 2 saturated heterocycles. The number of aromatic nitrogens is 2. The first-order valence-corrected chi connectivity index (χ1v) is 8.56. The van der Waals surface area contributed by atoms with Crippen molar-refractivity contribution in [1.82, 2.24) is 25.1 Å². The maximum Gasteiger partial charge on any atom is 0.254 e. The van der Waals surface area contributed by atoms with Crippen LogP contribution in [-0.2, 0) is 4.74 Å². The summed E-state index contributed by atoms with van der Waals surface area (Å²) in [5.41, 5.74) is 0.509. The molecule has 0 unspecified atom stereocenters. The van der Waals surface area contributed by atoms with Crippen molar-refractivity contribution in [1.29, 1.82) is 0 Å². The molecule has 8 nitrogen and oxygen atoms in total. The highest BCUT2D eigenvalue weighted by molar-refractivity contribution is 5.93. The first kappa shape index (κ1) is 17.1. The van der Waals surface area contributed by atoms with E-state index in [1.54, 1.807) is 12.4 Å². The summed E-state index contributed by atoms with van der Waals surface area (Å²) in [5.74, 6) is 0.584. The van der Waals surface area contributed by atoms with E-state index in [1.165, 1.54) is 0 Å². The van der Waals surface area contributed by atoms with Gasteiger partial charge in [0.05, 0.1) is 18.8 Å². The molecule has 3 rings (SSSR count). The summed E-state index contributed by atoms with van der Waals surface area (Å²) in [6.45, 7) is 8.72. The zero-order chi connectivity index (χ0) is 16.8. The van der Waals surface area contributed by atoms with Crippen LogP contribution in [0.2, 0.25) is 0 Å². The molecule has 1 aromatic heterocycles. The van der Waals surface area contributed by atoms with Gasteiger partial charge in [0.25, 0.3) is 5.91 Å². The lowest BCUT2D eigenvalue weighted by Crippen LogP contribution is -2.45. The Kier molecular flexibility index (Phi) is 5.95. The van der Waals surface area contributed by atoms with Crippen LogP contribution >= 0.6 is 0 Å². The van der Waals surface area contributed by atoms with Gasteiger partial charge in [-0.25, -0.2) is 9.97 Å². The number of likely N-dealkylation sites (N-methyl/N-ethyl adjacent to an activating group) is 1. The van der Waals surface area contributed by atoms with Crippen molar-refractivity contribution >= 4 is 11.9 Å². The van der Waals surface area contributed by atoms with Gasteiger partial charge >= 0.3 is 0 Å². The second-order valence-electron chi connectivity index (χ2n) is 6.27. The van der Waals surface area contributed by atoms with Crippen LogP contribution in [0.15, 0.2) is 12.4 Å². The van der Waals surface area contributed by atoms with Crippen LogP contribution in [0.3, 0.4) is 0 Å². The predicted octanol–water partition coefficient (Wildman–Crippen LogP) is -0.710. The average Bonchev–Trinajstić information content (AvgIpc) is 2.63. The highest BCUT2D eigenvalue weighted by Gasteiger charge is 2.17. The van der Waals surface area contributed by atoms with Gasteiger partial charge < -0.3 is 19.9 Å². The quantitative estimate of drug-likeness (QED) is 0.762. The number of hydrogen-bond donors (Lipinski definition) is 1. The SMILES string of the molecule is CN1CCN(c2ncc(C(=O)NCCN3CCOCC3)cn2)CC1. The number of ether oxygens (including phenoxy) is 1. The molecule has 2 aliphatic rings. The van der Waals surface area contributed by atoms with Crippen molar-refractivity contribution < 1.29 is 9.53 Å². The average molecular weight is 334 g/mol. The number of carbonyl (C=O) groups excluding carboxylic acids is 1. The molecule has 1 aromatic rings. The topological polar surface area (TPSA) is 73.8 Å². The molecule has 132 valence electrons. The summed E-state index contributed by atoms with van der Waals surface area (Å²) < 4.78 is 5.31. The third-order valence-corrected chi connectivity index (χ3v) is 4.50. The fraction of sp³-hybridized carbons (Fsp3) is 0.688. The Balaban J connectivity index is 1.45. The van der Waals surface area contributed by atoms with E-state index in [2.05, 4.69) is 37.0 Å². The molecule has 8 heteroatoms. The Labute approximate surface area is 142 Å². The third kappa shape index (κ3) is 4.62. The minimum atomic E-state index is -0.117. The van der Waals surface area contributed by atoms with E-state index in [9.17, 15) is 4.79 Å². The van der Waals surface area contributed by atoms with Gasteiger partial charge in [-0.05, 0) is 7.05 Å². The highest BCUT2D eigenvalue weighted by Crippen LogP contribution is 2.10. The molecular formula is C16H26N6O2. The number of anilines is 1. The zero-order valence-corrected chi connectivity index (χ0v) is 14.3. The molecule has 1 N–H and O–H groups in total. The maximum absolute atomic E-state index is 12.2. The Bertz CT molecular complexity index is 524. The number of nitrogens with one attached hydrogen (secondary N) is 1.